The third-order valence-corrected chi connectivity index (χ3v) is 3.23. The highest BCUT2D eigenvalue weighted by atomic mass is 19.3. The van der Waals surface area contributed by atoms with Crippen LogP contribution in [0.25, 0.3) is 0 Å². The molecule has 1 aromatic rings. The van der Waals surface area contributed by atoms with Crippen molar-refractivity contribution in [2.24, 2.45) is 5.92 Å². The smallest absolute Gasteiger partial charge is 0.248 e. The summed E-state index contributed by atoms with van der Waals surface area (Å²) in [6.07, 6.45) is 1.24. The summed E-state index contributed by atoms with van der Waals surface area (Å²) in [6, 6.07) is 4.98. The fraction of sp³-hybridized carbons (Fsp3) is 0.462. The summed E-state index contributed by atoms with van der Waals surface area (Å²) >= 11 is 0. The quantitative estimate of drug-likeness (QED) is 0.894. The molecule has 0 aromatic carbocycles. The van der Waals surface area contributed by atoms with Crippen LogP contribution in [0.2, 0.25) is 0 Å². The minimum absolute atomic E-state index is 0.190. The van der Waals surface area contributed by atoms with Gasteiger partial charge in [0.05, 0.1) is 5.56 Å². The number of amides is 1. The summed E-state index contributed by atoms with van der Waals surface area (Å²) in [5.74, 6) is -2.98. The van der Waals surface area contributed by atoms with Crippen LogP contribution >= 0.6 is 0 Å². The molecule has 0 aliphatic heterocycles. The normalized spacial score (nSPS) is 18.6. The molecule has 1 N–H and O–H groups in total. The number of anilines is 1. The first-order valence-electron chi connectivity index (χ1n) is 6.05. The molecule has 0 saturated heterocycles. The number of aromatic nitrogens is 1. The number of carbonyl (C=O) groups is 1. The Bertz CT molecular complexity index is 498. The van der Waals surface area contributed by atoms with Gasteiger partial charge < -0.3 is 5.32 Å². The predicted octanol–water partition coefficient (Wildman–Crippen LogP) is 2.72. The molecule has 1 heterocycles. The number of rotatable bonds is 2. The zero-order chi connectivity index (χ0) is 13.9. The Kier molecular flexibility index (Phi) is 3.74. The van der Waals surface area contributed by atoms with Gasteiger partial charge in [0.2, 0.25) is 11.8 Å². The maximum atomic E-state index is 13.0. The molecular formula is C13H13F2N3O. The van der Waals surface area contributed by atoms with Crippen LogP contribution in [0.15, 0.2) is 18.3 Å². The van der Waals surface area contributed by atoms with Gasteiger partial charge in [0.1, 0.15) is 11.9 Å². The van der Waals surface area contributed by atoms with E-state index in [4.69, 9.17) is 5.26 Å². The van der Waals surface area contributed by atoms with E-state index in [0.717, 1.165) is 0 Å². The van der Waals surface area contributed by atoms with Crippen molar-refractivity contribution in [3.8, 4) is 6.07 Å². The second-order valence-electron chi connectivity index (χ2n) is 4.66. The Morgan fingerprint density at radius 2 is 2.11 bits per heavy atom. The molecule has 100 valence electrons. The number of nitrogens with one attached hydrogen (secondary N) is 1. The van der Waals surface area contributed by atoms with Crippen LogP contribution < -0.4 is 5.32 Å². The van der Waals surface area contributed by atoms with Crippen LogP contribution in [0.5, 0.6) is 0 Å². The number of halogens is 2. The van der Waals surface area contributed by atoms with Crippen LogP contribution in [0.3, 0.4) is 0 Å². The van der Waals surface area contributed by atoms with E-state index >= 15 is 0 Å². The Morgan fingerprint density at radius 3 is 2.63 bits per heavy atom. The second-order valence-corrected chi connectivity index (χ2v) is 4.66. The summed E-state index contributed by atoms with van der Waals surface area (Å²) in [7, 11) is 0. The zero-order valence-corrected chi connectivity index (χ0v) is 10.2. The van der Waals surface area contributed by atoms with E-state index in [1.54, 1.807) is 0 Å². The lowest BCUT2D eigenvalue weighted by Gasteiger charge is -2.27. The van der Waals surface area contributed by atoms with Crippen molar-refractivity contribution in [3.63, 3.8) is 0 Å². The first kappa shape index (κ1) is 13.4. The highest BCUT2D eigenvalue weighted by molar-refractivity contribution is 5.91. The van der Waals surface area contributed by atoms with Crippen molar-refractivity contribution in [2.75, 3.05) is 5.32 Å². The average molecular weight is 265 g/mol. The first-order chi connectivity index (χ1) is 9.00. The van der Waals surface area contributed by atoms with Gasteiger partial charge in [-0.1, -0.05) is 0 Å². The van der Waals surface area contributed by atoms with Gasteiger partial charge in [-0.15, -0.1) is 0 Å². The zero-order valence-electron chi connectivity index (χ0n) is 10.2. The molecule has 19 heavy (non-hydrogen) atoms. The number of alkyl halides is 2. The maximum absolute atomic E-state index is 13.0. The second kappa shape index (κ2) is 5.31. The number of nitriles is 1. The molecular weight excluding hydrogens is 252 g/mol. The SMILES string of the molecule is N#Cc1ccc(NC(=O)C2CCC(F)(F)CC2)nc1. The Balaban J connectivity index is 1.92. The van der Waals surface area contributed by atoms with E-state index in [-0.39, 0.29) is 31.6 Å². The van der Waals surface area contributed by atoms with Crippen molar-refractivity contribution in [1.29, 1.82) is 5.26 Å². The third kappa shape index (κ3) is 3.47. The van der Waals surface area contributed by atoms with Gasteiger partial charge in [-0.2, -0.15) is 5.26 Å². The van der Waals surface area contributed by atoms with E-state index in [2.05, 4.69) is 10.3 Å². The van der Waals surface area contributed by atoms with Crippen molar-refractivity contribution in [3.05, 3.63) is 23.9 Å². The molecule has 1 saturated carbocycles. The molecule has 0 unspecified atom stereocenters. The van der Waals surface area contributed by atoms with Gasteiger partial charge in [0, 0.05) is 25.0 Å². The van der Waals surface area contributed by atoms with Crippen molar-refractivity contribution < 1.29 is 13.6 Å². The van der Waals surface area contributed by atoms with E-state index in [1.165, 1.54) is 18.3 Å². The fourth-order valence-electron chi connectivity index (χ4n) is 2.06. The molecule has 1 fully saturated rings. The summed E-state index contributed by atoms with van der Waals surface area (Å²) in [5.41, 5.74) is 0.398. The number of hydrogen-bond acceptors (Lipinski definition) is 3. The lowest BCUT2D eigenvalue weighted by Crippen LogP contribution is -2.32. The van der Waals surface area contributed by atoms with Crippen LogP contribution in [0.1, 0.15) is 31.2 Å². The third-order valence-electron chi connectivity index (χ3n) is 3.23. The van der Waals surface area contributed by atoms with Gasteiger partial charge in [0.15, 0.2) is 0 Å². The molecule has 6 heteroatoms. The molecule has 1 amide bonds. The molecule has 0 radical (unpaired) electrons. The van der Waals surface area contributed by atoms with Crippen LogP contribution in [0, 0.1) is 17.2 Å². The Labute approximate surface area is 109 Å². The average Bonchev–Trinajstić information content (AvgIpc) is 2.39. The van der Waals surface area contributed by atoms with Crippen molar-refractivity contribution in [2.45, 2.75) is 31.6 Å². The van der Waals surface area contributed by atoms with Gasteiger partial charge in [-0.25, -0.2) is 13.8 Å². The molecule has 2 rings (SSSR count). The van der Waals surface area contributed by atoms with Gasteiger partial charge in [-0.3, -0.25) is 4.79 Å². The Hall–Kier alpha value is -2.03. The molecule has 4 nitrogen and oxygen atoms in total. The lowest BCUT2D eigenvalue weighted by atomic mass is 9.86. The predicted molar refractivity (Wildman–Crippen MR) is 64.5 cm³/mol. The highest BCUT2D eigenvalue weighted by Gasteiger charge is 2.37. The van der Waals surface area contributed by atoms with Gasteiger partial charge in [-0.05, 0) is 25.0 Å². The van der Waals surface area contributed by atoms with Crippen molar-refractivity contribution in [1.82, 2.24) is 4.98 Å². The van der Waals surface area contributed by atoms with Gasteiger partial charge in [0.25, 0.3) is 0 Å². The monoisotopic (exact) mass is 265 g/mol. The van der Waals surface area contributed by atoms with Crippen LogP contribution in [-0.2, 0) is 4.79 Å². The number of nitrogens with zero attached hydrogens (tertiary/aromatic N) is 2. The molecule has 1 aliphatic rings. The van der Waals surface area contributed by atoms with E-state index in [9.17, 15) is 13.6 Å². The fourth-order valence-corrected chi connectivity index (χ4v) is 2.06. The van der Waals surface area contributed by atoms with E-state index in [1.807, 2.05) is 6.07 Å². The molecule has 1 aliphatic carbocycles. The summed E-state index contributed by atoms with van der Waals surface area (Å²) in [5, 5.41) is 11.2. The lowest BCUT2D eigenvalue weighted by molar-refractivity contribution is -0.124. The standard InChI is InChI=1S/C13H13F2N3O/c14-13(15)5-3-10(4-6-13)12(19)18-11-2-1-9(7-16)8-17-11/h1-2,8,10H,3-6H2,(H,17,18,19). The van der Waals surface area contributed by atoms with E-state index in [0.29, 0.717) is 11.4 Å². The number of carbonyl (C=O) groups excluding carboxylic acids is 1. The highest BCUT2D eigenvalue weighted by Crippen LogP contribution is 2.36. The van der Waals surface area contributed by atoms with Gasteiger partial charge >= 0.3 is 0 Å². The minimum Gasteiger partial charge on any atom is -0.310 e. The summed E-state index contributed by atoms with van der Waals surface area (Å²) < 4.78 is 26.0. The maximum Gasteiger partial charge on any atom is 0.248 e. The van der Waals surface area contributed by atoms with Crippen LogP contribution in [0.4, 0.5) is 14.6 Å². The minimum atomic E-state index is -2.64. The van der Waals surface area contributed by atoms with E-state index < -0.39 is 11.8 Å². The Morgan fingerprint density at radius 1 is 1.42 bits per heavy atom. The molecule has 1 aromatic heterocycles. The summed E-state index contributed by atoms with van der Waals surface area (Å²) in [6.45, 7) is 0. The molecule has 0 atom stereocenters. The van der Waals surface area contributed by atoms with Crippen molar-refractivity contribution >= 4 is 11.7 Å². The summed E-state index contributed by atoms with van der Waals surface area (Å²) in [4.78, 5) is 15.8. The first-order valence-corrected chi connectivity index (χ1v) is 6.05. The number of pyridine rings is 1. The number of hydrogen-bond donors (Lipinski definition) is 1. The van der Waals surface area contributed by atoms with Crippen LogP contribution in [-0.4, -0.2) is 16.8 Å². The largest absolute Gasteiger partial charge is 0.310 e. The topological polar surface area (TPSA) is 65.8 Å². The molecule has 0 spiro atoms. The molecule has 0 bridgehead atoms.